The minimum absolute atomic E-state index is 0.0953. The van der Waals surface area contributed by atoms with E-state index in [2.05, 4.69) is 6.58 Å². The molecule has 254 valence electrons. The van der Waals surface area contributed by atoms with Crippen molar-refractivity contribution in [3.8, 4) is 0 Å². The summed E-state index contributed by atoms with van der Waals surface area (Å²) in [7, 11) is 0. The van der Waals surface area contributed by atoms with Crippen LogP contribution in [0.25, 0.3) is 0 Å². The average molecular weight is 635 g/mol. The molecule has 1 fully saturated rings. The first-order valence-corrected chi connectivity index (χ1v) is 14.9. The van der Waals surface area contributed by atoms with E-state index in [1.54, 1.807) is 27.7 Å². The van der Waals surface area contributed by atoms with Crippen LogP contribution in [-0.2, 0) is 19.0 Å². The molecule has 5 atom stereocenters. The van der Waals surface area contributed by atoms with Gasteiger partial charge in [-0.05, 0) is 92.9 Å². The average Bonchev–Trinajstić information content (AvgIpc) is 3.28. The van der Waals surface area contributed by atoms with Crippen LogP contribution in [0.15, 0.2) is 12.2 Å². The highest BCUT2D eigenvalue weighted by Gasteiger charge is 2.65. The molecule has 1 saturated carbocycles. The SMILES string of the molecule is C=C(C)C(=O)OC1CC(C(CC)(CC)OC(C)(C)C(C)(O)C(F)(F)F)CC1C(CC)(CC)OC(C)(C)C(C)(O)C(F)(F)F. The zero-order valence-corrected chi connectivity index (χ0v) is 27.5. The van der Waals surface area contributed by atoms with E-state index in [0.29, 0.717) is 13.8 Å². The lowest BCUT2D eigenvalue weighted by atomic mass is 9.75. The monoisotopic (exact) mass is 634 g/mol. The molecule has 0 aromatic heterocycles. The fraction of sp³-hybridized carbons (Fsp3) is 0.903. The van der Waals surface area contributed by atoms with Gasteiger partial charge < -0.3 is 24.4 Å². The van der Waals surface area contributed by atoms with Crippen LogP contribution in [0.3, 0.4) is 0 Å². The smallest absolute Gasteiger partial charge is 0.419 e. The van der Waals surface area contributed by atoms with Crippen LogP contribution in [0.1, 0.15) is 115 Å². The molecule has 1 rings (SSSR count). The molecule has 0 spiro atoms. The van der Waals surface area contributed by atoms with Crippen molar-refractivity contribution in [2.75, 3.05) is 0 Å². The maximum absolute atomic E-state index is 13.9. The number of esters is 1. The van der Waals surface area contributed by atoms with Gasteiger partial charge in [0.2, 0.25) is 0 Å². The van der Waals surface area contributed by atoms with Gasteiger partial charge in [0.25, 0.3) is 0 Å². The van der Waals surface area contributed by atoms with Crippen LogP contribution < -0.4 is 0 Å². The molecule has 12 heteroatoms. The van der Waals surface area contributed by atoms with Crippen LogP contribution in [0, 0.1) is 11.8 Å². The van der Waals surface area contributed by atoms with Gasteiger partial charge in [-0.2, -0.15) is 26.3 Å². The highest BCUT2D eigenvalue weighted by molar-refractivity contribution is 5.87. The first kappa shape index (κ1) is 39.7. The molecule has 0 aromatic carbocycles. The molecule has 0 aliphatic heterocycles. The minimum atomic E-state index is -5.03. The van der Waals surface area contributed by atoms with E-state index in [4.69, 9.17) is 14.2 Å². The first-order valence-electron chi connectivity index (χ1n) is 14.9. The third-order valence-corrected chi connectivity index (χ3v) is 10.3. The summed E-state index contributed by atoms with van der Waals surface area (Å²) in [6, 6.07) is 0. The molecule has 5 unspecified atom stereocenters. The van der Waals surface area contributed by atoms with Crippen LogP contribution in [0.5, 0.6) is 0 Å². The summed E-state index contributed by atoms with van der Waals surface area (Å²) in [6.07, 6.45) is -9.81. The van der Waals surface area contributed by atoms with Crippen molar-refractivity contribution in [2.24, 2.45) is 11.8 Å². The number of hydrogen-bond donors (Lipinski definition) is 2. The van der Waals surface area contributed by atoms with Gasteiger partial charge in [-0.25, -0.2) is 4.79 Å². The van der Waals surface area contributed by atoms with Gasteiger partial charge in [-0.3, -0.25) is 0 Å². The Kier molecular flexibility index (Phi) is 11.8. The summed E-state index contributed by atoms with van der Waals surface area (Å²) in [5, 5.41) is 21.2. The molecule has 2 N–H and O–H groups in total. The number of ether oxygens (including phenoxy) is 3. The van der Waals surface area contributed by atoms with Crippen LogP contribution >= 0.6 is 0 Å². The standard InChI is InChI=1S/C31H52F6O6/c1-13-28(14-2,42-24(7,8)26(11,39)30(32,33)34)20-17-21(22(18-20)41-23(38)19(5)6)29(15-3,16-4)43-25(9,10)27(12,40)31(35,36)37/h20-22,39-40H,5,13-18H2,1-4,6-12H3. The Hall–Kier alpha value is -1.37. The first-order chi connectivity index (χ1) is 19.1. The summed E-state index contributed by atoms with van der Waals surface area (Å²) >= 11 is 0. The number of halogens is 6. The van der Waals surface area contributed by atoms with Gasteiger partial charge in [0, 0.05) is 11.5 Å². The van der Waals surface area contributed by atoms with E-state index in [-0.39, 0.29) is 44.1 Å². The Morgan fingerprint density at radius 1 is 0.721 bits per heavy atom. The van der Waals surface area contributed by atoms with E-state index < -0.39 is 69.9 Å². The predicted octanol–water partition coefficient (Wildman–Crippen LogP) is 7.84. The van der Waals surface area contributed by atoms with Gasteiger partial charge >= 0.3 is 18.3 Å². The third-order valence-electron chi connectivity index (χ3n) is 10.3. The van der Waals surface area contributed by atoms with Gasteiger partial charge in [0.1, 0.15) is 17.3 Å². The Labute approximate surface area is 252 Å². The number of carbonyl (C=O) groups excluding carboxylic acids is 1. The van der Waals surface area contributed by atoms with E-state index >= 15 is 0 Å². The van der Waals surface area contributed by atoms with Gasteiger partial charge in [-0.1, -0.05) is 34.3 Å². The van der Waals surface area contributed by atoms with Crippen molar-refractivity contribution in [1.82, 2.24) is 0 Å². The summed E-state index contributed by atoms with van der Waals surface area (Å²) in [5.41, 5.74) is -13.2. The zero-order chi connectivity index (χ0) is 34.3. The molecule has 1 aliphatic carbocycles. The lowest BCUT2D eigenvalue weighted by Gasteiger charge is -2.51. The van der Waals surface area contributed by atoms with E-state index in [9.17, 15) is 41.4 Å². The number of aliphatic hydroxyl groups is 2. The van der Waals surface area contributed by atoms with Crippen molar-refractivity contribution in [3.05, 3.63) is 12.2 Å². The van der Waals surface area contributed by atoms with Gasteiger partial charge in [-0.15, -0.1) is 0 Å². The second kappa shape index (κ2) is 12.8. The Bertz CT molecular complexity index is 974. The molecule has 43 heavy (non-hydrogen) atoms. The molecule has 1 aliphatic rings. The molecule has 0 amide bonds. The van der Waals surface area contributed by atoms with Crippen LogP contribution in [0.4, 0.5) is 26.3 Å². The summed E-state index contributed by atoms with van der Waals surface area (Å²) in [5.74, 6) is -1.98. The molecule has 6 nitrogen and oxygen atoms in total. The number of rotatable bonds is 14. The number of hydrogen-bond acceptors (Lipinski definition) is 6. The lowest BCUT2D eigenvalue weighted by Crippen LogP contribution is -2.63. The fourth-order valence-corrected chi connectivity index (χ4v) is 6.30. The summed E-state index contributed by atoms with van der Waals surface area (Å²) < 4.78 is 102. The van der Waals surface area contributed by atoms with Gasteiger partial charge in [0.05, 0.1) is 11.2 Å². The van der Waals surface area contributed by atoms with Crippen LogP contribution in [-0.4, -0.2) is 68.2 Å². The molecule has 0 radical (unpaired) electrons. The van der Waals surface area contributed by atoms with Crippen molar-refractivity contribution in [2.45, 2.75) is 167 Å². The zero-order valence-electron chi connectivity index (χ0n) is 27.5. The topological polar surface area (TPSA) is 85.2 Å². The van der Waals surface area contributed by atoms with Crippen molar-refractivity contribution >= 4 is 5.97 Å². The van der Waals surface area contributed by atoms with Crippen molar-refractivity contribution in [3.63, 3.8) is 0 Å². The Morgan fingerprint density at radius 3 is 1.37 bits per heavy atom. The largest absolute Gasteiger partial charge is 0.459 e. The van der Waals surface area contributed by atoms with Crippen LogP contribution in [0.2, 0.25) is 0 Å². The van der Waals surface area contributed by atoms with Gasteiger partial charge in [0.15, 0.2) is 11.2 Å². The highest BCUT2D eigenvalue weighted by atomic mass is 19.4. The van der Waals surface area contributed by atoms with E-state index in [1.165, 1.54) is 20.8 Å². The molecular weight excluding hydrogens is 582 g/mol. The molecule has 0 saturated heterocycles. The normalized spacial score (nSPS) is 23.9. The lowest BCUT2D eigenvalue weighted by molar-refractivity contribution is -0.337. The Morgan fingerprint density at radius 2 is 1.07 bits per heavy atom. The quantitative estimate of drug-likeness (QED) is 0.115. The van der Waals surface area contributed by atoms with E-state index in [0.717, 1.165) is 13.8 Å². The molecular formula is C31H52F6O6. The fourth-order valence-electron chi connectivity index (χ4n) is 6.30. The second-order valence-electron chi connectivity index (χ2n) is 13.4. The number of alkyl halides is 6. The minimum Gasteiger partial charge on any atom is -0.459 e. The van der Waals surface area contributed by atoms with E-state index in [1.807, 2.05) is 0 Å². The molecule has 0 aromatic rings. The maximum atomic E-state index is 13.9. The van der Waals surface area contributed by atoms with Crippen molar-refractivity contribution < 1.29 is 55.6 Å². The molecule has 0 bridgehead atoms. The van der Waals surface area contributed by atoms with Crippen molar-refractivity contribution in [1.29, 1.82) is 0 Å². The second-order valence-corrected chi connectivity index (χ2v) is 13.4. The Balaban J connectivity index is 3.77. The predicted molar refractivity (Wildman–Crippen MR) is 151 cm³/mol. The third kappa shape index (κ3) is 7.38. The summed E-state index contributed by atoms with van der Waals surface area (Å²) in [4.78, 5) is 12.7. The highest BCUT2D eigenvalue weighted by Crippen LogP contribution is 2.55. The summed E-state index contributed by atoms with van der Waals surface area (Å²) in [6.45, 7) is 17.9. The maximum Gasteiger partial charge on any atom is 0.419 e. The number of carbonyl (C=O) groups is 1. The molecule has 0 heterocycles.